The molecule has 0 saturated heterocycles. The monoisotopic (exact) mass is 392 g/mol. The van der Waals surface area contributed by atoms with Crippen LogP contribution in [0.5, 0.6) is 0 Å². The van der Waals surface area contributed by atoms with Gasteiger partial charge in [-0.25, -0.2) is 0 Å². The van der Waals surface area contributed by atoms with E-state index in [1.54, 1.807) is 5.57 Å². The minimum absolute atomic E-state index is 1.11. The lowest BCUT2D eigenvalue weighted by molar-refractivity contribution is 0.295. The Labute approximate surface area is 173 Å². The number of hydrogen-bond acceptors (Lipinski definition) is 2. The number of nitrogens with one attached hydrogen (secondary N) is 1. The maximum absolute atomic E-state index is 3.46. The van der Waals surface area contributed by atoms with Crippen molar-refractivity contribution in [3.8, 4) is 0 Å². The first kappa shape index (κ1) is 19.5. The highest BCUT2D eigenvalue weighted by atomic mass is 32.1. The van der Waals surface area contributed by atoms with E-state index in [0.29, 0.717) is 0 Å². The lowest BCUT2D eigenvalue weighted by Crippen LogP contribution is -2.29. The molecule has 3 heterocycles. The summed E-state index contributed by atoms with van der Waals surface area (Å²) in [6, 6.07) is 11.4. The molecule has 0 unspecified atom stereocenters. The van der Waals surface area contributed by atoms with Gasteiger partial charge < -0.3 is 4.98 Å². The Hall–Kier alpha value is -1.84. The van der Waals surface area contributed by atoms with Gasteiger partial charge in [0, 0.05) is 35.1 Å². The fraction of sp³-hybridized carbons (Fsp3) is 0.440. The Morgan fingerprint density at radius 2 is 2.07 bits per heavy atom. The molecule has 28 heavy (non-hydrogen) atoms. The van der Waals surface area contributed by atoms with Crippen LogP contribution >= 0.6 is 11.3 Å². The topological polar surface area (TPSA) is 19.0 Å². The van der Waals surface area contributed by atoms with Crippen LogP contribution in [-0.4, -0.2) is 29.5 Å². The second-order valence-electron chi connectivity index (χ2n) is 8.01. The van der Waals surface area contributed by atoms with E-state index >= 15 is 0 Å². The van der Waals surface area contributed by atoms with E-state index in [2.05, 4.69) is 64.8 Å². The molecule has 0 spiro atoms. The largest absolute Gasteiger partial charge is 0.361 e. The van der Waals surface area contributed by atoms with E-state index in [9.17, 15) is 0 Å². The Morgan fingerprint density at radius 3 is 2.86 bits per heavy atom. The van der Waals surface area contributed by atoms with Crippen molar-refractivity contribution >= 4 is 27.8 Å². The number of unbranched alkanes of at least 4 members (excludes halogenated alkanes) is 2. The van der Waals surface area contributed by atoms with Gasteiger partial charge in [-0.3, -0.25) is 4.90 Å². The highest BCUT2D eigenvalue weighted by Gasteiger charge is 2.13. The van der Waals surface area contributed by atoms with Crippen LogP contribution < -0.4 is 0 Å². The molecule has 1 aliphatic rings. The molecule has 0 saturated carbocycles. The molecule has 4 rings (SSSR count). The molecule has 1 aromatic carbocycles. The molecular formula is C25H32N2S. The molecule has 0 bridgehead atoms. The molecule has 3 heteroatoms. The van der Waals surface area contributed by atoms with Gasteiger partial charge in [-0.1, -0.05) is 31.6 Å². The SMILES string of the molecule is CCCCc1ccc2[nH]cc(CCCCN3CC=C(c4cccs4)CC3)c2c1. The molecule has 0 radical (unpaired) electrons. The summed E-state index contributed by atoms with van der Waals surface area (Å²) in [6.07, 6.45) is 13.3. The van der Waals surface area contributed by atoms with Crippen molar-refractivity contribution in [1.82, 2.24) is 9.88 Å². The third kappa shape index (κ3) is 4.76. The van der Waals surface area contributed by atoms with E-state index in [-0.39, 0.29) is 0 Å². The highest BCUT2D eigenvalue weighted by molar-refractivity contribution is 7.11. The smallest absolute Gasteiger partial charge is 0.0456 e. The second-order valence-corrected chi connectivity index (χ2v) is 8.96. The van der Waals surface area contributed by atoms with Gasteiger partial charge in [0.15, 0.2) is 0 Å². The average Bonchev–Trinajstić information content (AvgIpc) is 3.40. The summed E-state index contributed by atoms with van der Waals surface area (Å²) < 4.78 is 0. The lowest BCUT2D eigenvalue weighted by atomic mass is 10.0. The van der Waals surface area contributed by atoms with Crippen LogP contribution in [0, 0.1) is 0 Å². The molecule has 1 aliphatic heterocycles. The Kier molecular flexibility index (Phi) is 6.66. The van der Waals surface area contributed by atoms with Crippen LogP contribution in [0.1, 0.15) is 55.0 Å². The number of aromatic amines is 1. The minimum Gasteiger partial charge on any atom is -0.361 e. The Bertz CT molecular complexity index is 904. The van der Waals surface area contributed by atoms with Gasteiger partial charge in [-0.05, 0) is 85.3 Å². The zero-order valence-electron chi connectivity index (χ0n) is 17.0. The third-order valence-corrected chi connectivity index (χ3v) is 6.90. The van der Waals surface area contributed by atoms with Crippen LogP contribution in [-0.2, 0) is 12.8 Å². The van der Waals surface area contributed by atoms with Gasteiger partial charge in [0.25, 0.3) is 0 Å². The predicted octanol–water partition coefficient (Wildman–Crippen LogP) is 6.68. The highest BCUT2D eigenvalue weighted by Crippen LogP contribution is 2.26. The molecule has 2 nitrogen and oxygen atoms in total. The van der Waals surface area contributed by atoms with Gasteiger partial charge in [-0.2, -0.15) is 0 Å². The van der Waals surface area contributed by atoms with E-state index < -0.39 is 0 Å². The van der Waals surface area contributed by atoms with Crippen molar-refractivity contribution in [2.24, 2.45) is 0 Å². The summed E-state index contributed by atoms with van der Waals surface area (Å²) in [4.78, 5) is 7.52. The number of benzene rings is 1. The van der Waals surface area contributed by atoms with Crippen molar-refractivity contribution < 1.29 is 0 Å². The zero-order chi connectivity index (χ0) is 19.2. The van der Waals surface area contributed by atoms with Gasteiger partial charge in [-0.15, -0.1) is 11.3 Å². The molecule has 0 fully saturated rings. The normalized spacial score (nSPS) is 15.2. The maximum atomic E-state index is 3.46. The van der Waals surface area contributed by atoms with Gasteiger partial charge >= 0.3 is 0 Å². The molecule has 0 aliphatic carbocycles. The lowest BCUT2D eigenvalue weighted by Gasteiger charge is -2.25. The number of rotatable bonds is 9. The number of aryl methyl sites for hydroxylation is 2. The van der Waals surface area contributed by atoms with Crippen LogP contribution in [0.15, 0.2) is 48.0 Å². The van der Waals surface area contributed by atoms with Crippen molar-refractivity contribution in [2.45, 2.75) is 51.9 Å². The summed E-state index contributed by atoms with van der Waals surface area (Å²) in [5.74, 6) is 0. The summed E-state index contributed by atoms with van der Waals surface area (Å²) in [6.45, 7) is 5.80. The average molecular weight is 393 g/mol. The number of H-pyrrole nitrogens is 1. The zero-order valence-corrected chi connectivity index (χ0v) is 17.9. The summed E-state index contributed by atoms with van der Waals surface area (Å²) in [5, 5.41) is 3.62. The minimum atomic E-state index is 1.11. The van der Waals surface area contributed by atoms with E-state index in [0.717, 1.165) is 6.54 Å². The van der Waals surface area contributed by atoms with E-state index in [4.69, 9.17) is 0 Å². The van der Waals surface area contributed by atoms with Crippen molar-refractivity contribution in [2.75, 3.05) is 19.6 Å². The first-order chi connectivity index (χ1) is 13.8. The standard InChI is InChI=1S/C25H32N2S/c1-2-3-7-20-10-11-24-23(18-20)22(19-26-24)8-4-5-14-27-15-12-21(13-16-27)25-9-6-17-28-25/h6,9-12,17-19,26H,2-5,7-8,13-16H2,1H3. The molecule has 148 valence electrons. The molecule has 3 aromatic rings. The molecule has 0 atom stereocenters. The third-order valence-electron chi connectivity index (χ3n) is 5.95. The predicted molar refractivity (Wildman–Crippen MR) is 123 cm³/mol. The second kappa shape index (κ2) is 9.58. The van der Waals surface area contributed by atoms with Crippen molar-refractivity contribution in [3.05, 3.63) is 64.0 Å². The number of aromatic nitrogens is 1. The van der Waals surface area contributed by atoms with E-state index in [1.807, 2.05) is 11.3 Å². The maximum Gasteiger partial charge on any atom is 0.0456 e. The van der Waals surface area contributed by atoms with Crippen molar-refractivity contribution in [3.63, 3.8) is 0 Å². The Morgan fingerprint density at radius 1 is 1.11 bits per heavy atom. The fourth-order valence-electron chi connectivity index (χ4n) is 4.22. The number of nitrogens with zero attached hydrogens (tertiary/aromatic N) is 1. The van der Waals surface area contributed by atoms with Crippen LogP contribution in [0.4, 0.5) is 0 Å². The molecule has 0 amide bonds. The molecule has 2 aromatic heterocycles. The quantitative estimate of drug-likeness (QED) is 0.402. The van der Waals surface area contributed by atoms with Crippen LogP contribution in [0.2, 0.25) is 0 Å². The van der Waals surface area contributed by atoms with Gasteiger partial charge in [0.05, 0.1) is 0 Å². The van der Waals surface area contributed by atoms with E-state index in [1.165, 1.54) is 84.9 Å². The summed E-state index contributed by atoms with van der Waals surface area (Å²) in [5.41, 5.74) is 5.81. The number of thiophene rings is 1. The summed E-state index contributed by atoms with van der Waals surface area (Å²) in [7, 11) is 0. The van der Waals surface area contributed by atoms with Crippen LogP contribution in [0.3, 0.4) is 0 Å². The van der Waals surface area contributed by atoms with Gasteiger partial charge in [0.2, 0.25) is 0 Å². The van der Waals surface area contributed by atoms with Crippen molar-refractivity contribution in [1.29, 1.82) is 0 Å². The van der Waals surface area contributed by atoms with Crippen LogP contribution in [0.25, 0.3) is 16.5 Å². The van der Waals surface area contributed by atoms with Gasteiger partial charge in [0.1, 0.15) is 0 Å². The molecular weight excluding hydrogens is 360 g/mol. The molecule has 1 N–H and O–H groups in total. The number of fused-ring (bicyclic) bond motifs is 1. The first-order valence-electron chi connectivity index (χ1n) is 10.9. The number of hydrogen-bond donors (Lipinski definition) is 1. The first-order valence-corrected chi connectivity index (χ1v) is 11.8. The Balaban J connectivity index is 1.25. The fourth-order valence-corrected chi connectivity index (χ4v) is 5.02. The summed E-state index contributed by atoms with van der Waals surface area (Å²) >= 11 is 1.87.